The van der Waals surface area contributed by atoms with E-state index in [2.05, 4.69) is 5.32 Å². The van der Waals surface area contributed by atoms with E-state index in [1.807, 2.05) is 0 Å². The van der Waals surface area contributed by atoms with Crippen LogP contribution in [0.1, 0.15) is 11.7 Å². The van der Waals surface area contributed by atoms with Gasteiger partial charge in [-0.05, 0) is 17.7 Å². The van der Waals surface area contributed by atoms with Gasteiger partial charge in [0.05, 0.1) is 17.5 Å². The summed E-state index contributed by atoms with van der Waals surface area (Å²) in [6.07, 6.45) is -0.247. The fourth-order valence-corrected chi connectivity index (χ4v) is 2.90. The number of amides is 1. The lowest BCUT2D eigenvalue weighted by Gasteiger charge is -2.26. The first-order valence-electron chi connectivity index (χ1n) is 8.02. The van der Waals surface area contributed by atoms with Gasteiger partial charge in [0.25, 0.3) is 5.91 Å². The van der Waals surface area contributed by atoms with Crippen molar-refractivity contribution >= 4 is 57.3 Å². The molecule has 0 spiro atoms. The lowest BCUT2D eigenvalue weighted by atomic mass is 10.0. The molecule has 8 nitrogen and oxygen atoms in total. The second-order valence-electron chi connectivity index (χ2n) is 5.66. The molecule has 1 aromatic carbocycles. The lowest BCUT2D eigenvalue weighted by molar-refractivity contribution is -0.157. The maximum Gasteiger partial charge on any atom is 0.332 e. The van der Waals surface area contributed by atoms with Crippen molar-refractivity contribution in [3.8, 4) is 0 Å². The Balaban J connectivity index is 0.00000784. The maximum absolute atomic E-state index is 13.6. The maximum atomic E-state index is 13.6. The summed E-state index contributed by atoms with van der Waals surface area (Å²) in [4.78, 5) is 22.3. The zero-order chi connectivity index (χ0) is 21.3. The molecular formula is C16H22Cl3FN2O6S. The number of sulfone groups is 1. The van der Waals surface area contributed by atoms with E-state index in [-0.39, 0.29) is 36.0 Å². The highest BCUT2D eigenvalue weighted by Crippen LogP contribution is 2.24. The molecule has 29 heavy (non-hydrogen) atoms. The number of halogens is 4. The summed E-state index contributed by atoms with van der Waals surface area (Å²) < 4.78 is 47.0. The second kappa shape index (κ2) is 13.2. The Bertz CT molecular complexity index is 764. The molecule has 1 amide bonds. The number of carbonyl (C=O) groups excluding carboxylic acids is 2. The predicted octanol–water partition coefficient (Wildman–Crippen LogP) is 1.33. The van der Waals surface area contributed by atoms with Crippen molar-refractivity contribution in [2.75, 3.05) is 32.7 Å². The number of carbonyl (C=O) groups is 2. The predicted molar refractivity (Wildman–Crippen MR) is 109 cm³/mol. The zero-order valence-corrected chi connectivity index (χ0v) is 18.5. The van der Waals surface area contributed by atoms with Crippen LogP contribution in [0.3, 0.4) is 0 Å². The third-order valence-corrected chi connectivity index (χ3v) is 4.96. The van der Waals surface area contributed by atoms with E-state index in [9.17, 15) is 22.4 Å². The van der Waals surface area contributed by atoms with Crippen molar-refractivity contribution in [2.45, 2.75) is 21.9 Å². The number of nitrogens with two attached hydrogens (primary N) is 1. The van der Waals surface area contributed by atoms with Crippen molar-refractivity contribution in [1.29, 1.82) is 0 Å². The Morgan fingerprint density at radius 2 is 1.83 bits per heavy atom. The van der Waals surface area contributed by atoms with Crippen LogP contribution in [0, 0.1) is 0 Å². The van der Waals surface area contributed by atoms with Crippen LogP contribution in [-0.4, -0.2) is 63.9 Å². The Morgan fingerprint density at radius 1 is 1.24 bits per heavy atom. The molecule has 166 valence electrons. The van der Waals surface area contributed by atoms with Gasteiger partial charge in [-0.1, -0.05) is 35.3 Å². The SMILES string of the molecule is CS(=O)(=O)c1ccc([C@@H](OC(=O)COCCN)[C@@H](CF)NC(=O)C(Cl)Cl)cc1.Cl. The van der Waals surface area contributed by atoms with Gasteiger partial charge in [-0.25, -0.2) is 17.6 Å². The van der Waals surface area contributed by atoms with Crippen LogP contribution in [0.25, 0.3) is 0 Å². The molecule has 0 aliphatic carbocycles. The first-order valence-corrected chi connectivity index (χ1v) is 10.8. The molecule has 0 fully saturated rings. The molecule has 0 aromatic heterocycles. The van der Waals surface area contributed by atoms with Crippen molar-refractivity contribution in [2.24, 2.45) is 5.73 Å². The normalized spacial score (nSPS) is 13.3. The number of ether oxygens (including phenoxy) is 2. The molecule has 0 bridgehead atoms. The molecule has 0 aliphatic heterocycles. The van der Waals surface area contributed by atoms with Crippen LogP contribution in [0.5, 0.6) is 0 Å². The monoisotopic (exact) mass is 494 g/mol. The number of rotatable bonds is 11. The van der Waals surface area contributed by atoms with E-state index in [1.54, 1.807) is 0 Å². The molecule has 0 aliphatic rings. The average molecular weight is 496 g/mol. The molecule has 0 unspecified atom stereocenters. The van der Waals surface area contributed by atoms with Gasteiger partial charge in [-0.3, -0.25) is 4.79 Å². The standard InChI is InChI=1S/C16H21Cl2FN2O6S.ClH/c1-28(24,25)11-4-2-10(3-5-11)14(27-13(22)9-26-7-6-20)12(8-19)21-16(23)15(17)18;/h2-5,12,14-15H,6-9,20H2,1H3,(H,21,23);1H/t12-,14-;/m1./s1. The highest BCUT2D eigenvalue weighted by Gasteiger charge is 2.30. The van der Waals surface area contributed by atoms with Crippen LogP contribution in [0.15, 0.2) is 29.2 Å². The van der Waals surface area contributed by atoms with E-state index in [4.69, 9.17) is 38.4 Å². The van der Waals surface area contributed by atoms with Gasteiger partial charge >= 0.3 is 5.97 Å². The third-order valence-electron chi connectivity index (χ3n) is 3.43. The Morgan fingerprint density at radius 3 is 2.28 bits per heavy atom. The molecule has 0 saturated heterocycles. The second-order valence-corrected chi connectivity index (χ2v) is 8.78. The highest BCUT2D eigenvalue weighted by atomic mass is 35.5. The van der Waals surface area contributed by atoms with Gasteiger partial charge in [-0.15, -0.1) is 12.4 Å². The summed E-state index contributed by atoms with van der Waals surface area (Å²) in [7, 11) is -3.46. The molecule has 2 atom stereocenters. The minimum absolute atomic E-state index is 0. The van der Waals surface area contributed by atoms with Gasteiger partial charge in [0.15, 0.2) is 14.7 Å². The summed E-state index contributed by atoms with van der Waals surface area (Å²) in [6, 6.07) is 3.94. The highest BCUT2D eigenvalue weighted by molar-refractivity contribution is 7.90. The van der Waals surface area contributed by atoms with Crippen LogP contribution >= 0.6 is 35.6 Å². The average Bonchev–Trinajstić information content (AvgIpc) is 2.63. The molecule has 13 heteroatoms. The van der Waals surface area contributed by atoms with Crippen molar-refractivity contribution < 1.29 is 31.9 Å². The van der Waals surface area contributed by atoms with Crippen LogP contribution in [0.2, 0.25) is 0 Å². The number of alkyl halides is 3. The van der Waals surface area contributed by atoms with Gasteiger partial charge < -0.3 is 20.5 Å². The van der Waals surface area contributed by atoms with E-state index in [0.29, 0.717) is 0 Å². The number of benzene rings is 1. The fourth-order valence-electron chi connectivity index (χ4n) is 2.14. The lowest BCUT2D eigenvalue weighted by Crippen LogP contribution is -2.44. The molecule has 1 aromatic rings. The summed E-state index contributed by atoms with van der Waals surface area (Å²) in [5, 5.41) is 2.25. The van der Waals surface area contributed by atoms with E-state index in [0.717, 1.165) is 6.26 Å². The van der Waals surface area contributed by atoms with Gasteiger partial charge in [0.1, 0.15) is 19.4 Å². The quantitative estimate of drug-likeness (QED) is 0.269. The smallest absolute Gasteiger partial charge is 0.332 e. The van der Waals surface area contributed by atoms with E-state index in [1.165, 1.54) is 24.3 Å². The Labute approximate surface area is 184 Å². The first kappa shape index (κ1) is 27.8. The summed E-state index contributed by atoms with van der Waals surface area (Å²) in [5.41, 5.74) is 5.51. The van der Waals surface area contributed by atoms with Gasteiger partial charge in [0, 0.05) is 12.8 Å². The third kappa shape index (κ3) is 9.45. The summed E-state index contributed by atoms with van der Waals surface area (Å²) in [5.74, 6) is -1.70. The number of nitrogens with one attached hydrogen (secondary N) is 1. The largest absolute Gasteiger partial charge is 0.453 e. The van der Waals surface area contributed by atoms with Crippen LogP contribution in [0.4, 0.5) is 4.39 Å². The minimum atomic E-state index is -3.46. The van der Waals surface area contributed by atoms with E-state index < -0.39 is 52.0 Å². The van der Waals surface area contributed by atoms with E-state index >= 15 is 0 Å². The number of hydrogen-bond acceptors (Lipinski definition) is 7. The van der Waals surface area contributed by atoms with Gasteiger partial charge in [-0.2, -0.15) is 0 Å². The number of hydrogen-bond donors (Lipinski definition) is 2. The number of esters is 1. The summed E-state index contributed by atoms with van der Waals surface area (Å²) in [6.45, 7) is -1.23. The Hall–Kier alpha value is -1.17. The molecule has 0 radical (unpaired) electrons. The van der Waals surface area contributed by atoms with Crippen molar-refractivity contribution in [3.63, 3.8) is 0 Å². The van der Waals surface area contributed by atoms with Crippen LogP contribution < -0.4 is 11.1 Å². The molecule has 0 heterocycles. The summed E-state index contributed by atoms with van der Waals surface area (Å²) >= 11 is 10.9. The fraction of sp³-hybridized carbons (Fsp3) is 0.500. The molecule has 1 rings (SSSR count). The van der Waals surface area contributed by atoms with Crippen molar-refractivity contribution in [3.05, 3.63) is 29.8 Å². The van der Waals surface area contributed by atoms with Crippen molar-refractivity contribution in [1.82, 2.24) is 5.32 Å². The first-order chi connectivity index (χ1) is 13.1. The molecule has 0 saturated carbocycles. The zero-order valence-electron chi connectivity index (χ0n) is 15.3. The molecule has 3 N–H and O–H groups in total. The van der Waals surface area contributed by atoms with Gasteiger partial charge in [0.2, 0.25) is 0 Å². The van der Waals surface area contributed by atoms with Crippen LogP contribution in [-0.2, 0) is 28.9 Å². The topological polar surface area (TPSA) is 125 Å². The molecular weight excluding hydrogens is 474 g/mol. The Kier molecular flexibility index (Phi) is 12.7. The minimum Gasteiger partial charge on any atom is -0.453 e.